The van der Waals surface area contributed by atoms with Gasteiger partial charge in [0.05, 0.1) is 5.56 Å². The Morgan fingerprint density at radius 3 is 2.38 bits per heavy atom. The van der Waals surface area contributed by atoms with E-state index >= 15 is 0 Å². The second-order valence-electron chi connectivity index (χ2n) is 6.35. The van der Waals surface area contributed by atoms with E-state index in [-0.39, 0.29) is 5.56 Å². The van der Waals surface area contributed by atoms with Crippen molar-refractivity contribution in [3.05, 3.63) is 76.5 Å². The molecule has 2 N–H and O–H groups in total. The molecule has 0 unspecified atom stereocenters. The molecule has 5 heteroatoms. The van der Waals surface area contributed by atoms with E-state index in [0.29, 0.717) is 0 Å². The molecule has 0 bridgehead atoms. The molecular weight excluding hydrogens is 552 g/mol. The minimum Gasteiger partial charge on any atom is -0.478 e. The molecule has 140 valence electrons. The number of benzene rings is 1. The van der Waals surface area contributed by atoms with Gasteiger partial charge in [-0.15, -0.1) is 0 Å². The fourth-order valence-corrected chi connectivity index (χ4v) is 2.88. The zero-order valence-electron chi connectivity index (χ0n) is 15.4. The fraction of sp³-hybridized carbons (Fsp3) is 0.286. The standard InChI is InChI=1S/C21H25NO2.I2/c1-14(13-19-7-5-6-15(2)17(19)4)12-16(3)22-20-10-8-18(9-11-20)21(23)24;1-2/h8-13,22H,3,5-7H2,1-2,4H3,(H,23,24);/b14-12+,19-13?;. The normalized spacial score (nSPS) is 16.0. The number of halogens is 2. The Morgan fingerprint density at radius 1 is 1.19 bits per heavy atom. The van der Waals surface area contributed by atoms with Gasteiger partial charge in [0, 0.05) is 48.6 Å². The molecular formula is C21H25I2NO2. The van der Waals surface area contributed by atoms with Crippen LogP contribution in [0.1, 0.15) is 50.4 Å². The summed E-state index contributed by atoms with van der Waals surface area (Å²) in [5.41, 5.74) is 7.34. The molecule has 0 saturated heterocycles. The van der Waals surface area contributed by atoms with E-state index in [4.69, 9.17) is 5.11 Å². The molecule has 1 aliphatic carbocycles. The molecule has 1 aromatic rings. The largest absolute Gasteiger partial charge is 0.478 e. The smallest absolute Gasteiger partial charge is 0.335 e. The van der Waals surface area contributed by atoms with Crippen molar-refractivity contribution in [3.63, 3.8) is 0 Å². The van der Waals surface area contributed by atoms with Crippen LogP contribution in [0.2, 0.25) is 0 Å². The van der Waals surface area contributed by atoms with Crippen LogP contribution >= 0.6 is 37.2 Å². The quantitative estimate of drug-likeness (QED) is 0.282. The maximum atomic E-state index is 10.9. The lowest BCUT2D eigenvalue weighted by molar-refractivity contribution is 0.0697. The topological polar surface area (TPSA) is 49.3 Å². The van der Waals surface area contributed by atoms with Gasteiger partial charge < -0.3 is 10.4 Å². The number of aromatic carboxylic acids is 1. The van der Waals surface area contributed by atoms with Crippen molar-refractivity contribution in [3.8, 4) is 0 Å². The molecule has 2 rings (SSSR count). The Bertz CT molecular complexity index is 744. The molecule has 0 aliphatic heterocycles. The Hall–Kier alpha value is -1.09. The summed E-state index contributed by atoms with van der Waals surface area (Å²) in [6, 6.07) is 6.65. The van der Waals surface area contributed by atoms with Gasteiger partial charge in [0.1, 0.15) is 0 Å². The third-order valence-corrected chi connectivity index (χ3v) is 4.36. The molecule has 0 saturated carbocycles. The first-order chi connectivity index (χ1) is 12.4. The second-order valence-corrected chi connectivity index (χ2v) is 6.35. The van der Waals surface area contributed by atoms with Gasteiger partial charge >= 0.3 is 5.97 Å². The van der Waals surface area contributed by atoms with Crippen LogP contribution in [-0.4, -0.2) is 11.1 Å². The van der Waals surface area contributed by atoms with Crippen LogP contribution in [0.5, 0.6) is 0 Å². The number of carbonyl (C=O) groups is 1. The van der Waals surface area contributed by atoms with Gasteiger partial charge in [-0.3, -0.25) is 0 Å². The summed E-state index contributed by atoms with van der Waals surface area (Å²) in [4.78, 5) is 10.9. The average Bonchev–Trinajstić information content (AvgIpc) is 2.61. The van der Waals surface area contributed by atoms with Crippen molar-refractivity contribution < 1.29 is 9.90 Å². The van der Waals surface area contributed by atoms with Crippen molar-refractivity contribution in [2.45, 2.75) is 40.0 Å². The first-order valence-electron chi connectivity index (χ1n) is 8.36. The Labute approximate surface area is 179 Å². The number of hydrogen-bond donors (Lipinski definition) is 2. The lowest BCUT2D eigenvalue weighted by Crippen LogP contribution is -2.00. The second kappa shape index (κ2) is 11.6. The van der Waals surface area contributed by atoms with Crippen molar-refractivity contribution in [2.24, 2.45) is 0 Å². The van der Waals surface area contributed by atoms with E-state index in [0.717, 1.165) is 23.4 Å². The van der Waals surface area contributed by atoms with Gasteiger partial charge in [0.15, 0.2) is 0 Å². The zero-order valence-corrected chi connectivity index (χ0v) is 19.7. The van der Waals surface area contributed by atoms with E-state index < -0.39 is 5.97 Å². The van der Waals surface area contributed by atoms with Crippen LogP contribution in [0.3, 0.4) is 0 Å². The summed E-state index contributed by atoms with van der Waals surface area (Å²) in [7, 11) is 0. The molecule has 0 spiro atoms. The highest BCUT2D eigenvalue weighted by Gasteiger charge is 2.10. The molecule has 0 aromatic heterocycles. The maximum absolute atomic E-state index is 10.9. The molecule has 0 amide bonds. The van der Waals surface area contributed by atoms with Crippen LogP contribution in [0, 0.1) is 0 Å². The molecule has 0 atom stereocenters. The van der Waals surface area contributed by atoms with E-state index in [9.17, 15) is 4.79 Å². The van der Waals surface area contributed by atoms with Gasteiger partial charge in [0.25, 0.3) is 0 Å². The minimum atomic E-state index is -0.922. The number of allylic oxidation sites excluding steroid dienone is 6. The highest BCUT2D eigenvalue weighted by molar-refractivity contribution is 15.0. The summed E-state index contributed by atoms with van der Waals surface area (Å²) >= 11 is 4.24. The van der Waals surface area contributed by atoms with Gasteiger partial charge in [-0.2, -0.15) is 0 Å². The molecule has 1 aromatic carbocycles. The summed E-state index contributed by atoms with van der Waals surface area (Å²) in [5.74, 6) is -0.922. The lowest BCUT2D eigenvalue weighted by atomic mass is 9.88. The van der Waals surface area contributed by atoms with E-state index in [1.807, 2.05) is 6.08 Å². The monoisotopic (exact) mass is 577 g/mol. The molecule has 26 heavy (non-hydrogen) atoms. The Kier molecular flexibility index (Phi) is 10.2. The number of carboxylic acids is 1. The Balaban J connectivity index is 0.00000163. The number of rotatable bonds is 5. The van der Waals surface area contributed by atoms with Gasteiger partial charge in [0.2, 0.25) is 0 Å². The lowest BCUT2D eigenvalue weighted by Gasteiger charge is -2.18. The van der Waals surface area contributed by atoms with Crippen LogP contribution in [0.15, 0.2) is 71.0 Å². The third-order valence-electron chi connectivity index (χ3n) is 4.36. The van der Waals surface area contributed by atoms with Crippen molar-refractivity contribution in [1.29, 1.82) is 0 Å². The summed E-state index contributed by atoms with van der Waals surface area (Å²) in [6.45, 7) is 10.5. The van der Waals surface area contributed by atoms with Gasteiger partial charge in [-0.1, -0.05) is 18.2 Å². The minimum absolute atomic E-state index is 0.276. The number of hydrogen-bond acceptors (Lipinski definition) is 2. The van der Waals surface area contributed by atoms with E-state index in [2.05, 4.69) is 76.0 Å². The zero-order chi connectivity index (χ0) is 19.7. The maximum Gasteiger partial charge on any atom is 0.335 e. The Morgan fingerprint density at radius 2 is 1.81 bits per heavy atom. The molecule has 3 nitrogen and oxygen atoms in total. The summed E-state index contributed by atoms with van der Waals surface area (Å²) in [6.07, 6.45) is 7.79. The van der Waals surface area contributed by atoms with Gasteiger partial charge in [-0.25, -0.2) is 4.79 Å². The molecule has 1 aliphatic rings. The number of nitrogens with one attached hydrogen (secondary N) is 1. The first-order valence-corrected chi connectivity index (χ1v) is 14.6. The summed E-state index contributed by atoms with van der Waals surface area (Å²) < 4.78 is 0. The first kappa shape index (κ1) is 23.0. The van der Waals surface area contributed by atoms with E-state index in [1.165, 1.54) is 29.6 Å². The molecule has 0 fully saturated rings. The van der Waals surface area contributed by atoms with Crippen LogP contribution in [0.25, 0.3) is 0 Å². The highest BCUT2D eigenvalue weighted by atomic mass is 128. The van der Waals surface area contributed by atoms with Crippen LogP contribution in [0.4, 0.5) is 5.69 Å². The van der Waals surface area contributed by atoms with Crippen molar-refractivity contribution >= 4 is 48.9 Å². The number of anilines is 1. The number of carboxylic acid groups (broad SMARTS) is 1. The molecule has 0 heterocycles. The van der Waals surface area contributed by atoms with Crippen molar-refractivity contribution in [1.82, 2.24) is 0 Å². The highest BCUT2D eigenvalue weighted by Crippen LogP contribution is 2.29. The SMILES string of the molecule is C=C(/C=C(\C)C=C1CCCC(C)=C1C)Nc1ccc(C(=O)O)cc1.II. The predicted molar refractivity (Wildman–Crippen MR) is 128 cm³/mol. The van der Waals surface area contributed by atoms with E-state index in [1.54, 1.807) is 24.3 Å². The van der Waals surface area contributed by atoms with Gasteiger partial charge in [-0.05, 0) is 87.1 Å². The van der Waals surface area contributed by atoms with Crippen molar-refractivity contribution in [2.75, 3.05) is 5.32 Å². The fourth-order valence-electron chi connectivity index (χ4n) is 2.88. The average molecular weight is 577 g/mol. The third kappa shape index (κ3) is 7.26. The molecule has 0 radical (unpaired) electrons. The van der Waals surface area contributed by atoms with Crippen LogP contribution < -0.4 is 5.32 Å². The van der Waals surface area contributed by atoms with Crippen LogP contribution in [-0.2, 0) is 0 Å². The summed E-state index contributed by atoms with van der Waals surface area (Å²) in [5, 5.41) is 12.1. The predicted octanol–water partition coefficient (Wildman–Crippen LogP) is 7.47.